The number of anilines is 1. The number of rotatable bonds is 2. The van der Waals surface area contributed by atoms with E-state index in [1.54, 1.807) is 6.07 Å². The molecule has 1 aromatic rings. The normalized spacial score (nSPS) is 16.5. The van der Waals surface area contributed by atoms with Crippen LogP contribution in [0.2, 0.25) is 0 Å². The Morgan fingerprint density at radius 1 is 1.29 bits per heavy atom. The summed E-state index contributed by atoms with van der Waals surface area (Å²) in [7, 11) is 0. The lowest BCUT2D eigenvalue weighted by molar-refractivity contribution is 0.244. The second kappa shape index (κ2) is 5.52. The van der Waals surface area contributed by atoms with Crippen molar-refractivity contribution in [3.63, 3.8) is 0 Å². The van der Waals surface area contributed by atoms with Gasteiger partial charge in [-0.25, -0.2) is 9.78 Å². The maximum Gasteiger partial charge on any atom is 0.320 e. The lowest BCUT2D eigenvalue weighted by Crippen LogP contribution is -2.39. The van der Waals surface area contributed by atoms with Crippen molar-refractivity contribution in [2.45, 2.75) is 38.1 Å². The number of carbonyl (C=O) groups is 1. The molecule has 0 aromatic carbocycles. The van der Waals surface area contributed by atoms with Crippen LogP contribution in [0.3, 0.4) is 0 Å². The smallest absolute Gasteiger partial charge is 0.320 e. The third kappa shape index (κ3) is 3.62. The van der Waals surface area contributed by atoms with E-state index in [2.05, 4.69) is 15.6 Å². The van der Waals surface area contributed by atoms with Crippen LogP contribution in [0, 0.1) is 0 Å². The quantitative estimate of drug-likeness (QED) is 0.736. The summed E-state index contributed by atoms with van der Waals surface area (Å²) in [6, 6.07) is 3.11. The molecule has 1 aromatic heterocycles. The average Bonchev–Trinajstić information content (AvgIpc) is 2.33. The van der Waals surface area contributed by atoms with Crippen molar-refractivity contribution in [1.29, 1.82) is 0 Å². The Kier molecular flexibility index (Phi) is 3.80. The number of aromatic nitrogens is 1. The Morgan fingerprint density at radius 2 is 2.06 bits per heavy atom. The maximum absolute atomic E-state index is 11.6. The van der Waals surface area contributed by atoms with Gasteiger partial charge in [0.05, 0.1) is 6.20 Å². The fourth-order valence-corrected chi connectivity index (χ4v) is 2.04. The molecule has 0 unspecified atom stereocenters. The van der Waals surface area contributed by atoms with Crippen molar-refractivity contribution >= 4 is 11.8 Å². The van der Waals surface area contributed by atoms with Gasteiger partial charge in [-0.3, -0.25) is 5.32 Å². The maximum atomic E-state index is 11.6. The molecule has 1 aliphatic rings. The number of urea groups is 1. The van der Waals surface area contributed by atoms with Crippen LogP contribution in [0.25, 0.3) is 0 Å². The van der Waals surface area contributed by atoms with Crippen LogP contribution in [0.15, 0.2) is 18.3 Å². The van der Waals surface area contributed by atoms with E-state index in [1.807, 2.05) is 0 Å². The summed E-state index contributed by atoms with van der Waals surface area (Å²) < 4.78 is 0. The van der Waals surface area contributed by atoms with E-state index in [4.69, 9.17) is 5.11 Å². The number of carbonyl (C=O) groups excluding carboxylic acids is 1. The summed E-state index contributed by atoms with van der Waals surface area (Å²) in [5.41, 5.74) is 0. The summed E-state index contributed by atoms with van der Waals surface area (Å²) in [6.45, 7) is 0. The summed E-state index contributed by atoms with van der Waals surface area (Å²) in [5.74, 6) is 0.527. The average molecular weight is 235 g/mol. The fourth-order valence-electron chi connectivity index (χ4n) is 2.04. The summed E-state index contributed by atoms with van der Waals surface area (Å²) in [6.07, 6.45) is 7.03. The van der Waals surface area contributed by atoms with Crippen molar-refractivity contribution < 1.29 is 9.90 Å². The standard InChI is InChI=1S/C12H17N3O2/c16-10-6-7-11(13-8-10)15-12(17)14-9-4-2-1-3-5-9/h6-9,16H,1-5H2,(H2,13,14,15,17). The summed E-state index contributed by atoms with van der Waals surface area (Å²) in [5, 5.41) is 14.6. The van der Waals surface area contributed by atoms with E-state index in [9.17, 15) is 4.79 Å². The van der Waals surface area contributed by atoms with Crippen LogP contribution in [-0.4, -0.2) is 22.2 Å². The van der Waals surface area contributed by atoms with E-state index < -0.39 is 0 Å². The molecule has 0 radical (unpaired) electrons. The molecule has 0 spiro atoms. The molecule has 0 atom stereocenters. The minimum absolute atomic E-state index is 0.0863. The largest absolute Gasteiger partial charge is 0.506 e. The van der Waals surface area contributed by atoms with Gasteiger partial charge in [-0.15, -0.1) is 0 Å². The van der Waals surface area contributed by atoms with Crippen LogP contribution in [0.5, 0.6) is 5.75 Å². The van der Waals surface area contributed by atoms with Gasteiger partial charge in [-0.1, -0.05) is 19.3 Å². The van der Waals surface area contributed by atoms with Gasteiger partial charge in [0.2, 0.25) is 0 Å². The van der Waals surface area contributed by atoms with E-state index in [-0.39, 0.29) is 17.8 Å². The van der Waals surface area contributed by atoms with Crippen LogP contribution in [0.4, 0.5) is 10.6 Å². The fraction of sp³-hybridized carbons (Fsp3) is 0.500. The van der Waals surface area contributed by atoms with Crippen LogP contribution in [-0.2, 0) is 0 Å². The van der Waals surface area contributed by atoms with E-state index in [1.165, 1.54) is 31.5 Å². The first-order valence-electron chi connectivity index (χ1n) is 5.96. The van der Waals surface area contributed by atoms with Gasteiger partial charge in [0.1, 0.15) is 11.6 Å². The lowest BCUT2D eigenvalue weighted by Gasteiger charge is -2.22. The zero-order chi connectivity index (χ0) is 12.1. The number of hydrogen-bond acceptors (Lipinski definition) is 3. The van der Waals surface area contributed by atoms with Gasteiger partial charge in [-0.05, 0) is 25.0 Å². The Labute approximate surface area is 100 Å². The monoisotopic (exact) mass is 235 g/mol. The number of aromatic hydroxyl groups is 1. The van der Waals surface area contributed by atoms with Gasteiger partial charge in [0.25, 0.3) is 0 Å². The van der Waals surface area contributed by atoms with Gasteiger partial charge in [0.15, 0.2) is 0 Å². The Bertz CT molecular complexity index is 372. The molecule has 1 aliphatic carbocycles. The van der Waals surface area contributed by atoms with Crippen molar-refractivity contribution in [3.8, 4) is 5.75 Å². The van der Waals surface area contributed by atoms with Gasteiger partial charge >= 0.3 is 6.03 Å². The van der Waals surface area contributed by atoms with Crippen molar-refractivity contribution in [2.24, 2.45) is 0 Å². The highest BCUT2D eigenvalue weighted by Gasteiger charge is 2.15. The lowest BCUT2D eigenvalue weighted by atomic mass is 9.96. The molecular weight excluding hydrogens is 218 g/mol. The van der Waals surface area contributed by atoms with Crippen molar-refractivity contribution in [1.82, 2.24) is 10.3 Å². The molecule has 0 saturated heterocycles. The molecule has 5 heteroatoms. The highest BCUT2D eigenvalue weighted by atomic mass is 16.3. The first-order valence-corrected chi connectivity index (χ1v) is 5.96. The predicted molar refractivity (Wildman–Crippen MR) is 64.9 cm³/mol. The second-order valence-corrected chi connectivity index (χ2v) is 4.34. The first-order chi connectivity index (χ1) is 8.24. The molecule has 2 rings (SSSR count). The van der Waals surface area contributed by atoms with Crippen LogP contribution < -0.4 is 10.6 Å². The van der Waals surface area contributed by atoms with Crippen molar-refractivity contribution in [3.05, 3.63) is 18.3 Å². The molecule has 1 saturated carbocycles. The molecule has 1 fully saturated rings. The molecule has 1 heterocycles. The molecule has 0 aliphatic heterocycles. The number of pyridine rings is 1. The van der Waals surface area contributed by atoms with Gasteiger partial charge < -0.3 is 10.4 Å². The Morgan fingerprint density at radius 3 is 2.71 bits per heavy atom. The number of hydrogen-bond donors (Lipinski definition) is 3. The minimum Gasteiger partial charge on any atom is -0.506 e. The van der Waals surface area contributed by atoms with E-state index >= 15 is 0 Å². The first kappa shape index (κ1) is 11.7. The van der Waals surface area contributed by atoms with Crippen LogP contribution >= 0.6 is 0 Å². The molecule has 2 amide bonds. The Balaban J connectivity index is 1.82. The third-order valence-electron chi connectivity index (χ3n) is 2.93. The predicted octanol–water partition coefficient (Wildman–Crippen LogP) is 2.24. The zero-order valence-corrected chi connectivity index (χ0v) is 9.65. The van der Waals surface area contributed by atoms with E-state index in [0.29, 0.717) is 5.82 Å². The number of nitrogens with one attached hydrogen (secondary N) is 2. The SMILES string of the molecule is O=C(Nc1ccc(O)cn1)NC1CCCCC1. The highest BCUT2D eigenvalue weighted by molar-refractivity contribution is 5.88. The molecule has 17 heavy (non-hydrogen) atoms. The third-order valence-corrected chi connectivity index (χ3v) is 2.93. The molecule has 92 valence electrons. The van der Waals surface area contributed by atoms with E-state index in [0.717, 1.165) is 12.8 Å². The topological polar surface area (TPSA) is 74.2 Å². The molecular formula is C12H17N3O2. The number of amides is 2. The highest BCUT2D eigenvalue weighted by Crippen LogP contribution is 2.17. The summed E-state index contributed by atoms with van der Waals surface area (Å²) >= 11 is 0. The van der Waals surface area contributed by atoms with Gasteiger partial charge in [0, 0.05) is 6.04 Å². The number of nitrogens with zero attached hydrogens (tertiary/aromatic N) is 1. The van der Waals surface area contributed by atoms with Gasteiger partial charge in [-0.2, -0.15) is 0 Å². The molecule has 3 N–H and O–H groups in total. The Hall–Kier alpha value is -1.78. The van der Waals surface area contributed by atoms with Crippen molar-refractivity contribution in [2.75, 3.05) is 5.32 Å². The molecule has 0 bridgehead atoms. The summed E-state index contributed by atoms with van der Waals surface area (Å²) in [4.78, 5) is 15.5. The van der Waals surface area contributed by atoms with Crippen LogP contribution in [0.1, 0.15) is 32.1 Å². The second-order valence-electron chi connectivity index (χ2n) is 4.34. The minimum atomic E-state index is -0.227. The molecule has 5 nitrogen and oxygen atoms in total. The zero-order valence-electron chi connectivity index (χ0n) is 9.65.